The number of nitrogens with zero attached hydrogens (tertiary/aromatic N) is 4. The second-order valence-electron chi connectivity index (χ2n) is 5.38. The molecule has 0 bridgehead atoms. The number of hydrogen-bond donors (Lipinski definition) is 0. The quantitative estimate of drug-likeness (QED) is 0.707. The fourth-order valence-electron chi connectivity index (χ4n) is 2.43. The molecular formula is C17H17ClF2N4. The van der Waals surface area contributed by atoms with E-state index in [1.807, 2.05) is 23.6 Å². The van der Waals surface area contributed by atoms with Gasteiger partial charge in [0.05, 0.1) is 0 Å². The van der Waals surface area contributed by atoms with Crippen LogP contribution in [-0.2, 0) is 7.05 Å². The molecule has 0 amide bonds. The molecule has 0 aliphatic carbocycles. The van der Waals surface area contributed by atoms with Gasteiger partial charge in [-0.2, -0.15) is 0 Å². The van der Waals surface area contributed by atoms with E-state index in [0.717, 1.165) is 11.3 Å². The number of hydrogen-bond acceptors (Lipinski definition) is 3. The lowest BCUT2D eigenvalue weighted by atomic mass is 10.1. The SMILES string of the molecule is Cc1cc(-c2nnc(N(C)c3ccc(F)cc3)n2C)ccc1F.Cl. The van der Waals surface area contributed by atoms with Gasteiger partial charge in [-0.15, -0.1) is 22.6 Å². The van der Waals surface area contributed by atoms with Crippen LogP contribution in [0.3, 0.4) is 0 Å². The Morgan fingerprint density at radius 1 is 1.00 bits per heavy atom. The second kappa shape index (κ2) is 6.97. The van der Waals surface area contributed by atoms with Crippen molar-refractivity contribution in [2.24, 2.45) is 7.05 Å². The molecule has 0 aliphatic rings. The number of anilines is 2. The molecule has 0 N–H and O–H groups in total. The summed E-state index contributed by atoms with van der Waals surface area (Å²) >= 11 is 0. The minimum atomic E-state index is -0.289. The number of aromatic nitrogens is 3. The molecule has 7 heteroatoms. The molecule has 0 atom stereocenters. The molecular weight excluding hydrogens is 334 g/mol. The van der Waals surface area contributed by atoms with Crippen LogP contribution in [0.15, 0.2) is 42.5 Å². The van der Waals surface area contributed by atoms with Crippen LogP contribution in [0.5, 0.6) is 0 Å². The molecule has 2 aromatic carbocycles. The zero-order valence-electron chi connectivity index (χ0n) is 13.5. The molecule has 3 rings (SSSR count). The zero-order valence-corrected chi connectivity index (χ0v) is 14.3. The summed E-state index contributed by atoms with van der Waals surface area (Å²) in [6.07, 6.45) is 0. The Morgan fingerprint density at radius 3 is 2.29 bits per heavy atom. The van der Waals surface area contributed by atoms with Crippen molar-refractivity contribution in [2.75, 3.05) is 11.9 Å². The Morgan fingerprint density at radius 2 is 1.67 bits per heavy atom. The molecule has 0 saturated heterocycles. The standard InChI is InChI=1S/C17H16F2N4.ClH/c1-11-10-12(4-9-15(11)19)16-20-21-17(23(16)3)22(2)14-7-5-13(18)6-8-14;/h4-10H,1-3H3;1H. The highest BCUT2D eigenvalue weighted by atomic mass is 35.5. The molecule has 0 radical (unpaired) electrons. The number of benzene rings is 2. The molecule has 0 aliphatic heterocycles. The van der Waals surface area contributed by atoms with E-state index in [1.165, 1.54) is 18.2 Å². The summed E-state index contributed by atoms with van der Waals surface area (Å²) in [6, 6.07) is 11.0. The molecule has 0 unspecified atom stereocenters. The normalized spacial score (nSPS) is 10.4. The highest BCUT2D eigenvalue weighted by Gasteiger charge is 2.16. The molecule has 0 fully saturated rings. The molecule has 3 aromatic rings. The van der Waals surface area contributed by atoms with Gasteiger partial charge in [0.25, 0.3) is 0 Å². The topological polar surface area (TPSA) is 34.0 Å². The van der Waals surface area contributed by atoms with Crippen molar-refractivity contribution in [3.8, 4) is 11.4 Å². The van der Waals surface area contributed by atoms with Gasteiger partial charge < -0.3 is 4.90 Å². The van der Waals surface area contributed by atoms with Crippen molar-refractivity contribution in [3.63, 3.8) is 0 Å². The first kappa shape index (κ1) is 17.9. The van der Waals surface area contributed by atoms with E-state index < -0.39 is 0 Å². The predicted octanol–water partition coefficient (Wildman–Crippen LogP) is 4.26. The fourth-order valence-corrected chi connectivity index (χ4v) is 2.43. The predicted molar refractivity (Wildman–Crippen MR) is 92.8 cm³/mol. The van der Waals surface area contributed by atoms with Gasteiger partial charge in [-0.1, -0.05) is 0 Å². The van der Waals surface area contributed by atoms with Gasteiger partial charge in [0.1, 0.15) is 11.6 Å². The summed E-state index contributed by atoms with van der Waals surface area (Å²) in [7, 11) is 3.67. The van der Waals surface area contributed by atoms with Gasteiger partial charge in [-0.3, -0.25) is 4.57 Å². The maximum atomic E-state index is 13.4. The summed E-state index contributed by atoms with van der Waals surface area (Å²) in [5, 5.41) is 8.39. The smallest absolute Gasteiger partial charge is 0.231 e. The highest BCUT2D eigenvalue weighted by molar-refractivity contribution is 5.85. The average Bonchev–Trinajstić information content (AvgIpc) is 2.92. The Hall–Kier alpha value is -2.47. The van der Waals surface area contributed by atoms with Gasteiger partial charge in [-0.05, 0) is 55.0 Å². The number of halogens is 3. The third-order valence-corrected chi connectivity index (χ3v) is 3.78. The monoisotopic (exact) mass is 350 g/mol. The summed E-state index contributed by atoms with van der Waals surface area (Å²) in [5.74, 6) is 0.702. The molecule has 0 spiro atoms. The third-order valence-electron chi connectivity index (χ3n) is 3.78. The van der Waals surface area contributed by atoms with E-state index >= 15 is 0 Å². The lowest BCUT2D eigenvalue weighted by molar-refractivity contribution is 0.618. The largest absolute Gasteiger partial charge is 0.314 e. The van der Waals surface area contributed by atoms with E-state index in [-0.39, 0.29) is 24.0 Å². The van der Waals surface area contributed by atoms with Crippen molar-refractivity contribution in [3.05, 3.63) is 59.7 Å². The first-order valence-electron chi connectivity index (χ1n) is 7.12. The minimum Gasteiger partial charge on any atom is -0.314 e. The van der Waals surface area contributed by atoms with Crippen LogP contribution in [-0.4, -0.2) is 21.8 Å². The highest BCUT2D eigenvalue weighted by Crippen LogP contribution is 2.26. The van der Waals surface area contributed by atoms with Crippen LogP contribution in [0.2, 0.25) is 0 Å². The molecule has 1 heterocycles. The van der Waals surface area contributed by atoms with E-state index in [0.29, 0.717) is 17.3 Å². The summed E-state index contributed by atoms with van der Waals surface area (Å²) < 4.78 is 28.3. The molecule has 0 saturated carbocycles. The summed E-state index contributed by atoms with van der Waals surface area (Å²) in [6.45, 7) is 1.71. The van der Waals surface area contributed by atoms with E-state index in [2.05, 4.69) is 10.2 Å². The minimum absolute atomic E-state index is 0. The van der Waals surface area contributed by atoms with Crippen molar-refractivity contribution in [1.82, 2.24) is 14.8 Å². The Bertz CT molecular complexity index is 846. The van der Waals surface area contributed by atoms with Crippen LogP contribution >= 0.6 is 12.4 Å². The molecule has 24 heavy (non-hydrogen) atoms. The second-order valence-corrected chi connectivity index (χ2v) is 5.38. The lowest BCUT2D eigenvalue weighted by Crippen LogP contribution is -2.14. The van der Waals surface area contributed by atoms with E-state index in [4.69, 9.17) is 0 Å². The third kappa shape index (κ3) is 3.23. The van der Waals surface area contributed by atoms with Crippen LogP contribution in [0.25, 0.3) is 11.4 Å². The van der Waals surface area contributed by atoms with Crippen molar-refractivity contribution >= 4 is 24.0 Å². The van der Waals surface area contributed by atoms with Crippen LogP contribution < -0.4 is 4.90 Å². The van der Waals surface area contributed by atoms with Gasteiger partial charge in [0, 0.05) is 25.3 Å². The molecule has 4 nitrogen and oxygen atoms in total. The average molecular weight is 351 g/mol. The fraction of sp³-hybridized carbons (Fsp3) is 0.176. The molecule has 126 valence electrons. The maximum absolute atomic E-state index is 13.4. The van der Waals surface area contributed by atoms with Crippen LogP contribution in [0.4, 0.5) is 20.4 Å². The Kier molecular flexibility index (Phi) is 5.19. The summed E-state index contributed by atoms with van der Waals surface area (Å²) in [4.78, 5) is 1.81. The van der Waals surface area contributed by atoms with Gasteiger partial charge >= 0.3 is 0 Å². The van der Waals surface area contributed by atoms with E-state index in [9.17, 15) is 8.78 Å². The number of rotatable bonds is 3. The van der Waals surface area contributed by atoms with Gasteiger partial charge in [-0.25, -0.2) is 8.78 Å². The maximum Gasteiger partial charge on any atom is 0.231 e. The van der Waals surface area contributed by atoms with Crippen molar-refractivity contribution in [1.29, 1.82) is 0 Å². The first-order chi connectivity index (χ1) is 11.0. The van der Waals surface area contributed by atoms with E-state index in [1.54, 1.807) is 31.2 Å². The van der Waals surface area contributed by atoms with Crippen molar-refractivity contribution < 1.29 is 8.78 Å². The van der Waals surface area contributed by atoms with Crippen LogP contribution in [0.1, 0.15) is 5.56 Å². The summed E-state index contributed by atoms with van der Waals surface area (Å²) in [5.41, 5.74) is 2.14. The number of aryl methyl sites for hydroxylation is 1. The van der Waals surface area contributed by atoms with Gasteiger partial charge in [0.2, 0.25) is 5.95 Å². The van der Waals surface area contributed by atoms with Crippen LogP contribution in [0, 0.1) is 18.6 Å². The van der Waals surface area contributed by atoms with Crippen molar-refractivity contribution in [2.45, 2.75) is 6.92 Å². The zero-order chi connectivity index (χ0) is 16.6. The first-order valence-corrected chi connectivity index (χ1v) is 7.12. The Balaban J connectivity index is 0.00000208. The Labute approximate surface area is 145 Å². The molecule has 1 aromatic heterocycles. The lowest BCUT2D eigenvalue weighted by Gasteiger charge is -2.18. The van der Waals surface area contributed by atoms with Gasteiger partial charge in [0.15, 0.2) is 5.82 Å².